The first kappa shape index (κ1) is 13.5. The van der Waals surface area contributed by atoms with Gasteiger partial charge in [0.05, 0.1) is 11.0 Å². The molecule has 0 amide bonds. The van der Waals surface area contributed by atoms with E-state index in [4.69, 9.17) is 9.84 Å². The number of carboxylic acid groups (broad SMARTS) is 1. The molecule has 0 saturated heterocycles. The topological polar surface area (TPSA) is 89.7 Å². The molecule has 0 radical (unpaired) electrons. The Bertz CT molecular complexity index is 639. The van der Waals surface area contributed by atoms with E-state index in [1.54, 1.807) is 0 Å². The van der Waals surface area contributed by atoms with Crippen molar-refractivity contribution in [2.75, 3.05) is 0 Å². The Morgan fingerprint density at radius 2 is 1.90 bits per heavy atom. The van der Waals surface area contributed by atoms with Crippen LogP contribution in [0.5, 0.6) is 5.75 Å². The van der Waals surface area contributed by atoms with Crippen LogP contribution < -0.4 is 4.74 Å². The molecule has 2 aromatic carbocycles. The first-order valence-corrected chi connectivity index (χ1v) is 5.76. The van der Waals surface area contributed by atoms with E-state index in [1.165, 1.54) is 6.07 Å². The number of carbonyl (C=O) groups is 1. The van der Waals surface area contributed by atoms with Gasteiger partial charge in [-0.3, -0.25) is 10.1 Å². The highest BCUT2D eigenvalue weighted by molar-refractivity contribution is 5.91. The van der Waals surface area contributed by atoms with Crippen LogP contribution in [-0.2, 0) is 6.61 Å². The van der Waals surface area contributed by atoms with E-state index in [0.29, 0.717) is 0 Å². The van der Waals surface area contributed by atoms with Gasteiger partial charge in [0.25, 0.3) is 5.69 Å². The molecule has 0 heterocycles. The van der Waals surface area contributed by atoms with E-state index < -0.39 is 10.9 Å². The zero-order valence-corrected chi connectivity index (χ0v) is 10.4. The van der Waals surface area contributed by atoms with Crippen molar-refractivity contribution in [2.45, 2.75) is 6.61 Å². The van der Waals surface area contributed by atoms with Crippen LogP contribution in [0, 0.1) is 10.1 Å². The van der Waals surface area contributed by atoms with Crippen LogP contribution in [0.15, 0.2) is 48.5 Å². The van der Waals surface area contributed by atoms with Gasteiger partial charge in [0.2, 0.25) is 0 Å². The van der Waals surface area contributed by atoms with Gasteiger partial charge >= 0.3 is 5.97 Å². The minimum absolute atomic E-state index is 0.0180. The van der Waals surface area contributed by atoms with E-state index in [-0.39, 0.29) is 23.6 Å². The second-order valence-electron chi connectivity index (χ2n) is 4.02. The van der Waals surface area contributed by atoms with E-state index in [2.05, 4.69) is 0 Å². The van der Waals surface area contributed by atoms with Crippen LogP contribution in [0.4, 0.5) is 5.69 Å². The zero-order valence-electron chi connectivity index (χ0n) is 10.4. The van der Waals surface area contributed by atoms with Crippen LogP contribution in [0.25, 0.3) is 0 Å². The van der Waals surface area contributed by atoms with Crippen LogP contribution in [0.1, 0.15) is 15.9 Å². The Hall–Kier alpha value is -2.89. The molecule has 6 nitrogen and oxygen atoms in total. The molecule has 102 valence electrons. The maximum Gasteiger partial charge on any atom is 0.339 e. The number of nitro groups is 1. The van der Waals surface area contributed by atoms with Crippen molar-refractivity contribution >= 4 is 11.7 Å². The Balaban J connectivity index is 2.26. The number of benzene rings is 2. The summed E-state index contributed by atoms with van der Waals surface area (Å²) in [5.41, 5.74) is 0.528. The molecule has 0 bridgehead atoms. The van der Waals surface area contributed by atoms with Gasteiger partial charge in [0, 0.05) is 6.07 Å². The third-order valence-corrected chi connectivity index (χ3v) is 2.64. The maximum absolute atomic E-state index is 11.1. The predicted octanol–water partition coefficient (Wildman–Crippen LogP) is 2.87. The molecule has 0 atom stereocenters. The molecule has 0 aliphatic heterocycles. The molecular weight excluding hydrogens is 262 g/mol. The fraction of sp³-hybridized carbons (Fsp3) is 0.0714. The monoisotopic (exact) mass is 273 g/mol. The Morgan fingerprint density at radius 3 is 2.50 bits per heavy atom. The fourth-order valence-electron chi connectivity index (χ4n) is 1.66. The largest absolute Gasteiger partial charge is 0.488 e. The second-order valence-corrected chi connectivity index (χ2v) is 4.02. The molecule has 0 spiro atoms. The summed E-state index contributed by atoms with van der Waals surface area (Å²) in [4.78, 5) is 21.2. The van der Waals surface area contributed by atoms with E-state index in [1.807, 2.05) is 30.3 Å². The first-order chi connectivity index (χ1) is 9.58. The molecule has 0 saturated carbocycles. The first-order valence-electron chi connectivity index (χ1n) is 5.76. The minimum atomic E-state index is -1.19. The Kier molecular flexibility index (Phi) is 3.95. The standard InChI is InChI=1S/C14H11NO5/c16-14(17)12-7-6-11(15(18)19)8-13(12)20-9-10-4-2-1-3-5-10/h1-8H,9H2,(H,16,17). The summed E-state index contributed by atoms with van der Waals surface area (Å²) in [5, 5.41) is 19.8. The minimum Gasteiger partial charge on any atom is -0.488 e. The number of carboxylic acids is 1. The third kappa shape index (κ3) is 3.11. The normalized spacial score (nSPS) is 10.0. The number of hydrogen-bond donors (Lipinski definition) is 1. The van der Waals surface area contributed by atoms with Gasteiger partial charge < -0.3 is 9.84 Å². The van der Waals surface area contributed by atoms with Crippen molar-refractivity contribution in [1.29, 1.82) is 0 Å². The fourth-order valence-corrected chi connectivity index (χ4v) is 1.66. The Morgan fingerprint density at radius 1 is 1.20 bits per heavy atom. The van der Waals surface area contributed by atoms with E-state index in [9.17, 15) is 14.9 Å². The molecule has 0 unspecified atom stereocenters. The van der Waals surface area contributed by atoms with Gasteiger partial charge in [0.1, 0.15) is 17.9 Å². The lowest BCUT2D eigenvalue weighted by Gasteiger charge is -2.09. The lowest BCUT2D eigenvalue weighted by atomic mass is 10.2. The summed E-state index contributed by atoms with van der Waals surface area (Å²) >= 11 is 0. The summed E-state index contributed by atoms with van der Waals surface area (Å²) in [6, 6.07) is 12.6. The lowest BCUT2D eigenvalue weighted by molar-refractivity contribution is -0.384. The van der Waals surface area contributed by atoms with Gasteiger partial charge in [-0.15, -0.1) is 0 Å². The third-order valence-electron chi connectivity index (χ3n) is 2.64. The summed E-state index contributed by atoms with van der Waals surface area (Å²) in [7, 11) is 0. The molecule has 0 aliphatic rings. The highest BCUT2D eigenvalue weighted by atomic mass is 16.6. The quantitative estimate of drug-likeness (QED) is 0.668. The molecule has 20 heavy (non-hydrogen) atoms. The second kappa shape index (κ2) is 5.83. The average Bonchev–Trinajstić information content (AvgIpc) is 2.45. The number of rotatable bonds is 5. The molecule has 6 heteroatoms. The van der Waals surface area contributed by atoms with Crippen LogP contribution >= 0.6 is 0 Å². The summed E-state index contributed by atoms with van der Waals surface area (Å²) < 4.78 is 5.39. The number of nitrogens with zero attached hydrogens (tertiary/aromatic N) is 1. The molecule has 0 aromatic heterocycles. The van der Waals surface area contributed by atoms with Gasteiger partial charge in [-0.05, 0) is 11.6 Å². The average molecular weight is 273 g/mol. The molecular formula is C14H11NO5. The van der Waals surface area contributed by atoms with Crippen LogP contribution in [0.3, 0.4) is 0 Å². The lowest BCUT2D eigenvalue weighted by Crippen LogP contribution is -2.04. The SMILES string of the molecule is O=C(O)c1ccc([N+](=O)[O-])cc1OCc1ccccc1. The zero-order chi connectivity index (χ0) is 14.5. The van der Waals surface area contributed by atoms with Crippen LogP contribution in [-0.4, -0.2) is 16.0 Å². The smallest absolute Gasteiger partial charge is 0.339 e. The number of ether oxygens (including phenoxy) is 1. The number of nitro benzene ring substituents is 1. The predicted molar refractivity (Wildman–Crippen MR) is 70.8 cm³/mol. The van der Waals surface area contributed by atoms with Crippen molar-refractivity contribution in [3.05, 3.63) is 69.8 Å². The van der Waals surface area contributed by atoms with Crippen LogP contribution in [0.2, 0.25) is 0 Å². The molecule has 2 rings (SSSR count). The summed E-state index contributed by atoms with van der Waals surface area (Å²) in [5.74, 6) is -1.21. The highest BCUT2D eigenvalue weighted by Gasteiger charge is 2.16. The number of aromatic carboxylic acids is 1. The number of non-ortho nitro benzene ring substituents is 1. The van der Waals surface area contributed by atoms with Crippen molar-refractivity contribution in [3.63, 3.8) is 0 Å². The van der Waals surface area contributed by atoms with E-state index in [0.717, 1.165) is 17.7 Å². The van der Waals surface area contributed by atoms with Crippen molar-refractivity contribution < 1.29 is 19.6 Å². The molecule has 0 aliphatic carbocycles. The maximum atomic E-state index is 11.1. The van der Waals surface area contributed by atoms with Gasteiger partial charge in [-0.1, -0.05) is 30.3 Å². The summed E-state index contributed by atoms with van der Waals surface area (Å²) in [6.45, 7) is 0.141. The van der Waals surface area contributed by atoms with Crippen molar-refractivity contribution in [2.24, 2.45) is 0 Å². The van der Waals surface area contributed by atoms with Gasteiger partial charge in [-0.2, -0.15) is 0 Å². The van der Waals surface area contributed by atoms with Crippen molar-refractivity contribution in [1.82, 2.24) is 0 Å². The highest BCUT2D eigenvalue weighted by Crippen LogP contribution is 2.25. The molecule has 1 N–H and O–H groups in total. The van der Waals surface area contributed by atoms with E-state index >= 15 is 0 Å². The van der Waals surface area contributed by atoms with Gasteiger partial charge in [0.15, 0.2) is 0 Å². The number of hydrogen-bond acceptors (Lipinski definition) is 4. The molecule has 2 aromatic rings. The summed E-state index contributed by atoms with van der Waals surface area (Å²) in [6.07, 6.45) is 0. The molecule has 0 fully saturated rings. The van der Waals surface area contributed by atoms with Crippen molar-refractivity contribution in [3.8, 4) is 5.75 Å². The van der Waals surface area contributed by atoms with Gasteiger partial charge in [-0.25, -0.2) is 4.79 Å². The Labute approximate surface area is 114 Å².